The number of benzene rings is 1. The summed E-state index contributed by atoms with van der Waals surface area (Å²) in [4.78, 5) is 2.00. The van der Waals surface area contributed by atoms with E-state index in [4.69, 9.17) is 10.2 Å². The van der Waals surface area contributed by atoms with Gasteiger partial charge in [0.1, 0.15) is 5.52 Å². The van der Waals surface area contributed by atoms with Crippen molar-refractivity contribution in [2.24, 2.45) is 0 Å². The third kappa shape index (κ3) is 3.04. The van der Waals surface area contributed by atoms with Crippen molar-refractivity contribution in [3.63, 3.8) is 0 Å². The van der Waals surface area contributed by atoms with Gasteiger partial charge in [-0.3, -0.25) is 4.90 Å². The molecule has 0 bridgehead atoms. The van der Waals surface area contributed by atoms with Crippen LogP contribution in [0.3, 0.4) is 0 Å². The third-order valence-corrected chi connectivity index (χ3v) is 2.88. The lowest BCUT2D eigenvalue weighted by atomic mass is 10.3. The van der Waals surface area contributed by atoms with Crippen molar-refractivity contribution in [3.8, 4) is 0 Å². The molecule has 6 nitrogen and oxygen atoms in total. The summed E-state index contributed by atoms with van der Waals surface area (Å²) in [5.41, 5.74) is 1.89. The topological polar surface area (TPSA) is 74.4 Å². The molecular formula is C12H18N4O2. The van der Waals surface area contributed by atoms with Crippen molar-refractivity contribution >= 4 is 11.0 Å². The number of rotatable bonds is 7. The molecule has 1 aromatic carbocycles. The minimum atomic E-state index is 0.0953. The first kappa shape index (κ1) is 12.9. The molecule has 2 N–H and O–H groups in total. The maximum absolute atomic E-state index is 8.93. The summed E-state index contributed by atoms with van der Waals surface area (Å²) in [6, 6.07) is 7.81. The Bertz CT molecular complexity index is 480. The molecule has 0 aliphatic heterocycles. The van der Waals surface area contributed by atoms with E-state index in [1.807, 2.05) is 33.8 Å². The van der Waals surface area contributed by atoms with Crippen LogP contribution in [-0.4, -0.2) is 63.0 Å². The second-order valence-electron chi connectivity index (χ2n) is 4.09. The van der Waals surface area contributed by atoms with E-state index in [1.54, 1.807) is 0 Å². The monoisotopic (exact) mass is 250 g/mol. The molecular weight excluding hydrogens is 232 g/mol. The summed E-state index contributed by atoms with van der Waals surface area (Å²) in [5, 5.41) is 26.1. The van der Waals surface area contributed by atoms with E-state index in [0.717, 1.165) is 17.6 Å². The number of para-hydroxylation sites is 1. The van der Waals surface area contributed by atoms with Crippen molar-refractivity contribution in [1.29, 1.82) is 0 Å². The van der Waals surface area contributed by atoms with Crippen LogP contribution in [-0.2, 0) is 6.54 Å². The van der Waals surface area contributed by atoms with E-state index in [1.165, 1.54) is 0 Å². The predicted octanol–water partition coefficient (Wildman–Crippen LogP) is -0.282. The van der Waals surface area contributed by atoms with Crippen LogP contribution in [0.15, 0.2) is 24.3 Å². The molecule has 98 valence electrons. The standard InChI is InChI=1S/C12H18N4O2/c17-9-7-15(8-10-18)5-6-16-12-4-2-1-3-11(12)13-14-16/h1-4,17-18H,5-10H2. The van der Waals surface area contributed by atoms with E-state index in [-0.39, 0.29) is 13.2 Å². The molecule has 0 aliphatic rings. The van der Waals surface area contributed by atoms with Crippen LogP contribution >= 0.6 is 0 Å². The molecule has 0 aliphatic carbocycles. The zero-order chi connectivity index (χ0) is 12.8. The summed E-state index contributed by atoms with van der Waals surface area (Å²) >= 11 is 0. The largest absolute Gasteiger partial charge is 0.395 e. The van der Waals surface area contributed by atoms with Gasteiger partial charge in [-0.15, -0.1) is 5.10 Å². The highest BCUT2D eigenvalue weighted by atomic mass is 16.3. The van der Waals surface area contributed by atoms with Crippen molar-refractivity contribution in [1.82, 2.24) is 19.9 Å². The molecule has 6 heteroatoms. The lowest BCUT2D eigenvalue weighted by Gasteiger charge is -2.19. The number of aliphatic hydroxyl groups is 2. The minimum absolute atomic E-state index is 0.0953. The quantitative estimate of drug-likeness (QED) is 0.707. The van der Waals surface area contributed by atoms with Gasteiger partial charge in [-0.05, 0) is 12.1 Å². The van der Waals surface area contributed by atoms with Gasteiger partial charge in [-0.25, -0.2) is 4.68 Å². The van der Waals surface area contributed by atoms with E-state index in [2.05, 4.69) is 10.3 Å². The molecule has 18 heavy (non-hydrogen) atoms. The Morgan fingerprint density at radius 3 is 2.50 bits per heavy atom. The lowest BCUT2D eigenvalue weighted by Crippen LogP contribution is -2.33. The minimum Gasteiger partial charge on any atom is -0.395 e. The molecule has 0 radical (unpaired) electrons. The molecule has 0 saturated carbocycles. The Morgan fingerprint density at radius 1 is 1.06 bits per heavy atom. The summed E-state index contributed by atoms with van der Waals surface area (Å²) in [6.07, 6.45) is 0. The summed E-state index contributed by atoms with van der Waals surface area (Å²) in [5.74, 6) is 0. The Morgan fingerprint density at radius 2 is 1.78 bits per heavy atom. The van der Waals surface area contributed by atoms with Gasteiger partial charge >= 0.3 is 0 Å². The molecule has 1 heterocycles. The number of fused-ring (bicyclic) bond motifs is 1. The molecule has 0 spiro atoms. The zero-order valence-electron chi connectivity index (χ0n) is 10.2. The van der Waals surface area contributed by atoms with Gasteiger partial charge in [-0.2, -0.15) is 0 Å². The fourth-order valence-corrected chi connectivity index (χ4v) is 1.94. The molecule has 0 saturated heterocycles. The number of nitrogens with zero attached hydrogens (tertiary/aromatic N) is 4. The van der Waals surface area contributed by atoms with Gasteiger partial charge in [0.15, 0.2) is 0 Å². The van der Waals surface area contributed by atoms with Gasteiger partial charge in [-0.1, -0.05) is 17.3 Å². The predicted molar refractivity (Wildman–Crippen MR) is 68.1 cm³/mol. The van der Waals surface area contributed by atoms with Crippen molar-refractivity contribution < 1.29 is 10.2 Å². The highest BCUT2D eigenvalue weighted by molar-refractivity contribution is 5.73. The Labute approximate surface area is 105 Å². The first-order chi connectivity index (χ1) is 8.85. The lowest BCUT2D eigenvalue weighted by molar-refractivity contribution is 0.156. The molecule has 0 unspecified atom stereocenters. The van der Waals surface area contributed by atoms with Gasteiger partial charge in [0.05, 0.1) is 25.3 Å². The number of aliphatic hydroxyl groups excluding tert-OH is 2. The van der Waals surface area contributed by atoms with Crippen molar-refractivity contribution in [2.45, 2.75) is 6.54 Å². The maximum Gasteiger partial charge on any atom is 0.113 e. The average Bonchev–Trinajstić information content (AvgIpc) is 2.80. The van der Waals surface area contributed by atoms with Gasteiger partial charge in [0.2, 0.25) is 0 Å². The molecule has 1 aromatic heterocycles. The highest BCUT2D eigenvalue weighted by Gasteiger charge is 2.07. The summed E-state index contributed by atoms with van der Waals surface area (Å²) < 4.78 is 1.84. The average molecular weight is 250 g/mol. The normalized spacial score (nSPS) is 11.5. The first-order valence-electron chi connectivity index (χ1n) is 6.07. The van der Waals surface area contributed by atoms with E-state index in [9.17, 15) is 0 Å². The van der Waals surface area contributed by atoms with Crippen molar-refractivity contribution in [2.75, 3.05) is 32.8 Å². The number of hydrogen-bond acceptors (Lipinski definition) is 5. The smallest absolute Gasteiger partial charge is 0.113 e. The molecule has 2 rings (SSSR count). The fraction of sp³-hybridized carbons (Fsp3) is 0.500. The summed E-state index contributed by atoms with van der Waals surface area (Å²) in [7, 11) is 0. The van der Waals surface area contributed by atoms with Crippen LogP contribution in [0.25, 0.3) is 11.0 Å². The fourth-order valence-electron chi connectivity index (χ4n) is 1.94. The van der Waals surface area contributed by atoms with Crippen LogP contribution in [0, 0.1) is 0 Å². The first-order valence-corrected chi connectivity index (χ1v) is 6.07. The van der Waals surface area contributed by atoms with Crippen molar-refractivity contribution in [3.05, 3.63) is 24.3 Å². The summed E-state index contributed by atoms with van der Waals surface area (Å²) in [6.45, 7) is 2.74. The SMILES string of the molecule is OCCN(CCO)CCn1nnc2ccccc21. The van der Waals surface area contributed by atoms with Crippen LogP contribution in [0.5, 0.6) is 0 Å². The van der Waals surface area contributed by atoms with E-state index >= 15 is 0 Å². The van der Waals surface area contributed by atoms with Crippen LogP contribution in [0.2, 0.25) is 0 Å². The molecule has 0 amide bonds. The highest BCUT2D eigenvalue weighted by Crippen LogP contribution is 2.09. The van der Waals surface area contributed by atoms with E-state index in [0.29, 0.717) is 19.6 Å². The van der Waals surface area contributed by atoms with Crippen LogP contribution in [0.4, 0.5) is 0 Å². The van der Waals surface area contributed by atoms with Gasteiger partial charge < -0.3 is 10.2 Å². The van der Waals surface area contributed by atoms with Crippen LogP contribution < -0.4 is 0 Å². The van der Waals surface area contributed by atoms with Gasteiger partial charge in [0, 0.05) is 19.6 Å². The molecule has 2 aromatic rings. The van der Waals surface area contributed by atoms with E-state index < -0.39 is 0 Å². The number of hydrogen-bond donors (Lipinski definition) is 2. The van der Waals surface area contributed by atoms with Gasteiger partial charge in [0.25, 0.3) is 0 Å². The third-order valence-electron chi connectivity index (χ3n) is 2.88. The Kier molecular flexibility index (Phi) is 4.63. The zero-order valence-corrected chi connectivity index (χ0v) is 10.2. The number of aromatic nitrogens is 3. The van der Waals surface area contributed by atoms with Crippen LogP contribution in [0.1, 0.15) is 0 Å². The second-order valence-corrected chi connectivity index (χ2v) is 4.09. The second kappa shape index (κ2) is 6.44. The Hall–Kier alpha value is -1.50. The molecule has 0 atom stereocenters. The Balaban J connectivity index is 2.00. The maximum atomic E-state index is 8.93. The molecule has 0 fully saturated rings.